The maximum atomic E-state index is 12.9. The van der Waals surface area contributed by atoms with Gasteiger partial charge in [0.15, 0.2) is 0 Å². The molecule has 0 radical (unpaired) electrons. The highest BCUT2D eigenvalue weighted by atomic mass is 19.1. The highest BCUT2D eigenvalue weighted by molar-refractivity contribution is 5.92. The van der Waals surface area contributed by atoms with Gasteiger partial charge in [-0.05, 0) is 38.7 Å². The van der Waals surface area contributed by atoms with Crippen LogP contribution in [-0.4, -0.2) is 48.0 Å². The molecule has 7 heteroatoms. The lowest BCUT2D eigenvalue weighted by Crippen LogP contribution is -2.25. The van der Waals surface area contributed by atoms with E-state index in [4.69, 9.17) is 0 Å². The molecule has 6 nitrogen and oxygen atoms in total. The van der Waals surface area contributed by atoms with Crippen LogP contribution in [0.25, 0.3) is 0 Å². The third kappa shape index (κ3) is 5.58. The average molecular weight is 331 g/mol. The van der Waals surface area contributed by atoms with Gasteiger partial charge in [-0.25, -0.2) is 14.4 Å². The van der Waals surface area contributed by atoms with E-state index in [2.05, 4.69) is 25.5 Å². The van der Waals surface area contributed by atoms with Crippen LogP contribution in [0.1, 0.15) is 21.9 Å². The summed E-state index contributed by atoms with van der Waals surface area (Å²) in [7, 11) is 3.97. The summed E-state index contributed by atoms with van der Waals surface area (Å²) in [6.45, 7) is 3.63. The van der Waals surface area contributed by atoms with Gasteiger partial charge in [0.25, 0.3) is 5.91 Å². The van der Waals surface area contributed by atoms with Gasteiger partial charge in [0.2, 0.25) is 0 Å². The maximum absolute atomic E-state index is 12.9. The van der Waals surface area contributed by atoms with Gasteiger partial charge in [-0.3, -0.25) is 4.79 Å². The van der Waals surface area contributed by atoms with Crippen molar-refractivity contribution < 1.29 is 9.18 Å². The highest BCUT2D eigenvalue weighted by Crippen LogP contribution is 2.07. The second-order valence-electron chi connectivity index (χ2n) is 5.72. The van der Waals surface area contributed by atoms with Crippen molar-refractivity contribution in [2.75, 3.05) is 32.5 Å². The summed E-state index contributed by atoms with van der Waals surface area (Å²) in [5.74, 6) is 0.554. The minimum Gasteiger partial charge on any atom is -0.369 e. The second-order valence-corrected chi connectivity index (χ2v) is 5.72. The zero-order chi connectivity index (χ0) is 17.5. The number of carbonyl (C=O) groups is 1. The molecular weight excluding hydrogens is 309 g/mol. The first-order valence-electron chi connectivity index (χ1n) is 7.71. The average Bonchev–Trinajstić information content (AvgIpc) is 2.53. The van der Waals surface area contributed by atoms with Gasteiger partial charge < -0.3 is 15.5 Å². The van der Waals surface area contributed by atoms with E-state index in [0.29, 0.717) is 23.9 Å². The van der Waals surface area contributed by atoms with Crippen LogP contribution in [0.3, 0.4) is 0 Å². The molecular formula is C17H22FN5O. The first kappa shape index (κ1) is 17.8. The van der Waals surface area contributed by atoms with E-state index >= 15 is 0 Å². The standard InChI is InChI=1S/C17H22FN5O/c1-12-21-15(10-16(22-12)19-8-9-23(2)3)17(24)20-11-13-4-6-14(18)7-5-13/h4-7,10H,8-9,11H2,1-3H3,(H,20,24)(H,19,21,22). The van der Waals surface area contributed by atoms with Crippen molar-refractivity contribution >= 4 is 11.7 Å². The Balaban J connectivity index is 1.97. The van der Waals surface area contributed by atoms with Crippen LogP contribution in [0.2, 0.25) is 0 Å². The van der Waals surface area contributed by atoms with Crippen molar-refractivity contribution in [3.8, 4) is 0 Å². The Morgan fingerprint density at radius 1 is 1.21 bits per heavy atom. The number of hydrogen-bond donors (Lipinski definition) is 2. The molecule has 2 aromatic rings. The molecule has 1 aromatic carbocycles. The topological polar surface area (TPSA) is 70.2 Å². The highest BCUT2D eigenvalue weighted by Gasteiger charge is 2.10. The van der Waals surface area contributed by atoms with Gasteiger partial charge in [-0.2, -0.15) is 0 Å². The summed E-state index contributed by atoms with van der Waals surface area (Å²) in [5, 5.41) is 5.95. The number of anilines is 1. The predicted octanol–water partition coefficient (Wildman–Crippen LogP) is 1.83. The molecule has 0 unspecified atom stereocenters. The van der Waals surface area contributed by atoms with Crippen LogP contribution >= 0.6 is 0 Å². The number of aryl methyl sites for hydroxylation is 1. The Morgan fingerprint density at radius 2 is 1.92 bits per heavy atom. The third-order valence-corrected chi connectivity index (χ3v) is 3.30. The van der Waals surface area contributed by atoms with Crippen molar-refractivity contribution in [2.45, 2.75) is 13.5 Å². The summed E-state index contributed by atoms with van der Waals surface area (Å²) in [5.41, 5.74) is 1.12. The molecule has 1 aromatic heterocycles. The molecule has 0 saturated heterocycles. The number of amides is 1. The summed E-state index contributed by atoms with van der Waals surface area (Å²) in [6, 6.07) is 7.62. The van der Waals surface area contributed by atoms with Crippen LogP contribution in [-0.2, 0) is 6.54 Å². The molecule has 24 heavy (non-hydrogen) atoms. The van der Waals surface area contributed by atoms with E-state index in [1.54, 1.807) is 25.1 Å². The fourth-order valence-electron chi connectivity index (χ4n) is 2.06. The monoisotopic (exact) mass is 331 g/mol. The van der Waals surface area contributed by atoms with E-state index < -0.39 is 0 Å². The van der Waals surface area contributed by atoms with Gasteiger partial charge >= 0.3 is 0 Å². The van der Waals surface area contributed by atoms with E-state index in [1.165, 1.54) is 12.1 Å². The smallest absolute Gasteiger partial charge is 0.270 e. The van der Waals surface area contributed by atoms with Crippen LogP contribution in [0.15, 0.2) is 30.3 Å². The molecule has 0 bridgehead atoms. The summed E-state index contributed by atoms with van der Waals surface area (Å²) in [6.07, 6.45) is 0. The first-order valence-corrected chi connectivity index (χ1v) is 7.71. The molecule has 2 N–H and O–H groups in total. The fourth-order valence-corrected chi connectivity index (χ4v) is 2.06. The van der Waals surface area contributed by atoms with Crippen molar-refractivity contribution in [2.24, 2.45) is 0 Å². The van der Waals surface area contributed by atoms with Crippen molar-refractivity contribution in [1.29, 1.82) is 0 Å². The van der Waals surface area contributed by atoms with Gasteiger partial charge in [0.1, 0.15) is 23.2 Å². The number of rotatable bonds is 7. The molecule has 0 fully saturated rings. The lowest BCUT2D eigenvalue weighted by Gasteiger charge is -2.12. The van der Waals surface area contributed by atoms with Crippen LogP contribution in [0.4, 0.5) is 10.2 Å². The van der Waals surface area contributed by atoms with Crippen LogP contribution < -0.4 is 10.6 Å². The van der Waals surface area contributed by atoms with Crippen molar-refractivity contribution in [3.05, 3.63) is 53.2 Å². The Labute approximate surface area is 141 Å². The zero-order valence-corrected chi connectivity index (χ0v) is 14.1. The third-order valence-electron chi connectivity index (χ3n) is 3.30. The number of nitrogens with zero attached hydrogens (tertiary/aromatic N) is 3. The Morgan fingerprint density at radius 3 is 2.58 bits per heavy atom. The predicted molar refractivity (Wildman–Crippen MR) is 91.4 cm³/mol. The van der Waals surface area contributed by atoms with Gasteiger partial charge in [-0.1, -0.05) is 12.1 Å². The second kappa shape index (κ2) is 8.35. The number of halogens is 1. The molecule has 0 spiro atoms. The quantitative estimate of drug-likeness (QED) is 0.810. The minimum absolute atomic E-state index is 0.291. The number of carbonyl (C=O) groups excluding carboxylic acids is 1. The Kier molecular flexibility index (Phi) is 6.20. The fraction of sp³-hybridized carbons (Fsp3) is 0.353. The minimum atomic E-state index is -0.301. The zero-order valence-electron chi connectivity index (χ0n) is 14.1. The summed E-state index contributed by atoms with van der Waals surface area (Å²) in [4.78, 5) is 22.8. The van der Waals surface area contributed by atoms with Crippen molar-refractivity contribution in [3.63, 3.8) is 0 Å². The van der Waals surface area contributed by atoms with E-state index in [-0.39, 0.29) is 11.7 Å². The Bertz CT molecular complexity index is 688. The Hall–Kier alpha value is -2.54. The number of nitrogens with one attached hydrogen (secondary N) is 2. The van der Waals surface area contributed by atoms with Gasteiger partial charge in [0.05, 0.1) is 0 Å². The first-order chi connectivity index (χ1) is 11.4. The number of likely N-dealkylation sites (N-methyl/N-ethyl adjacent to an activating group) is 1. The van der Waals surface area contributed by atoms with Gasteiger partial charge in [-0.15, -0.1) is 0 Å². The molecule has 1 amide bonds. The molecule has 0 aliphatic carbocycles. The van der Waals surface area contributed by atoms with E-state index in [1.807, 2.05) is 14.1 Å². The maximum Gasteiger partial charge on any atom is 0.270 e. The number of benzene rings is 1. The molecule has 0 saturated carbocycles. The number of hydrogen-bond acceptors (Lipinski definition) is 5. The molecule has 0 atom stereocenters. The van der Waals surface area contributed by atoms with Crippen molar-refractivity contribution in [1.82, 2.24) is 20.2 Å². The SMILES string of the molecule is Cc1nc(NCCN(C)C)cc(C(=O)NCc2ccc(F)cc2)n1. The molecule has 2 rings (SSSR count). The van der Waals surface area contributed by atoms with Crippen LogP contribution in [0.5, 0.6) is 0 Å². The van der Waals surface area contributed by atoms with Crippen LogP contribution in [0, 0.1) is 12.7 Å². The van der Waals surface area contributed by atoms with Gasteiger partial charge in [0, 0.05) is 25.7 Å². The van der Waals surface area contributed by atoms with E-state index in [0.717, 1.165) is 18.7 Å². The molecule has 0 aliphatic rings. The summed E-state index contributed by atoms with van der Waals surface area (Å²) >= 11 is 0. The largest absolute Gasteiger partial charge is 0.369 e. The summed E-state index contributed by atoms with van der Waals surface area (Å²) < 4.78 is 12.9. The molecule has 1 heterocycles. The number of aromatic nitrogens is 2. The van der Waals surface area contributed by atoms with E-state index in [9.17, 15) is 9.18 Å². The lowest BCUT2D eigenvalue weighted by molar-refractivity contribution is 0.0945. The molecule has 0 aliphatic heterocycles. The normalized spacial score (nSPS) is 10.7. The lowest BCUT2D eigenvalue weighted by atomic mass is 10.2. The molecule has 128 valence electrons.